The fourth-order valence-corrected chi connectivity index (χ4v) is 6.46. The van der Waals surface area contributed by atoms with E-state index in [1.807, 2.05) is 11.8 Å². The van der Waals surface area contributed by atoms with E-state index >= 15 is 0 Å². The van der Waals surface area contributed by atoms with Gasteiger partial charge in [-0.25, -0.2) is 9.78 Å². The van der Waals surface area contributed by atoms with E-state index < -0.39 is 41.6 Å². The van der Waals surface area contributed by atoms with Gasteiger partial charge in [-0.05, 0) is 73.7 Å². The fourth-order valence-electron chi connectivity index (χ4n) is 6.46. The first-order chi connectivity index (χ1) is 24.7. The number of ether oxygens (including phenoxy) is 3. The lowest BCUT2D eigenvalue weighted by Crippen LogP contribution is -2.46. The molecular weight excluding hydrogens is 698 g/mol. The van der Waals surface area contributed by atoms with E-state index in [1.54, 1.807) is 35.4 Å². The van der Waals surface area contributed by atoms with Crippen molar-refractivity contribution in [1.82, 2.24) is 4.98 Å². The van der Waals surface area contributed by atoms with Gasteiger partial charge in [0.1, 0.15) is 11.6 Å². The third-order valence-electron chi connectivity index (χ3n) is 9.10. The van der Waals surface area contributed by atoms with Gasteiger partial charge >= 0.3 is 24.4 Å². The first-order valence-corrected chi connectivity index (χ1v) is 16.9. The van der Waals surface area contributed by atoms with Crippen LogP contribution in [0, 0.1) is 0 Å². The average Bonchev–Trinajstić information content (AvgIpc) is 3.11. The monoisotopic (exact) mass is 738 g/mol. The van der Waals surface area contributed by atoms with Crippen LogP contribution in [0.5, 0.6) is 5.75 Å². The number of anilines is 3. The van der Waals surface area contributed by atoms with Crippen LogP contribution in [0.1, 0.15) is 72.9 Å². The van der Waals surface area contributed by atoms with E-state index in [0.29, 0.717) is 80.2 Å². The van der Waals surface area contributed by atoms with Crippen LogP contribution in [0.4, 0.5) is 48.3 Å². The number of amides is 1. The van der Waals surface area contributed by atoms with Crippen LogP contribution in [0.3, 0.4) is 0 Å². The van der Waals surface area contributed by atoms with Gasteiger partial charge in [0.2, 0.25) is 0 Å². The molecule has 3 aromatic rings. The molecule has 0 saturated carbocycles. The Hall–Kier alpha value is -4.73. The number of hydrogen-bond donors (Lipinski definition) is 2. The molecule has 2 aromatic carbocycles. The molecule has 1 fully saturated rings. The number of aromatic nitrogens is 1. The highest BCUT2D eigenvalue weighted by Crippen LogP contribution is 2.43. The average molecular weight is 739 g/mol. The van der Waals surface area contributed by atoms with Crippen LogP contribution < -0.4 is 19.9 Å². The summed E-state index contributed by atoms with van der Waals surface area (Å²) in [7, 11) is 1.49. The van der Waals surface area contributed by atoms with E-state index in [0.717, 1.165) is 12.1 Å². The molecule has 3 heterocycles. The summed E-state index contributed by atoms with van der Waals surface area (Å²) < 4.78 is 99.2. The number of carboxylic acids is 1. The maximum absolute atomic E-state index is 13.8. The number of fused-ring (bicyclic) bond motifs is 1. The number of rotatable bonds is 12. The minimum absolute atomic E-state index is 0.0284. The normalized spacial score (nSPS) is 17.8. The number of carbonyl (C=O) groups is 2. The van der Waals surface area contributed by atoms with Crippen LogP contribution in [0.2, 0.25) is 0 Å². The molecule has 0 radical (unpaired) electrons. The molecule has 2 N–H and O–H groups in total. The highest BCUT2D eigenvalue weighted by Gasteiger charge is 2.39. The second-order valence-electron chi connectivity index (χ2n) is 12.6. The van der Waals surface area contributed by atoms with Crippen molar-refractivity contribution in [1.29, 1.82) is 0 Å². The predicted molar refractivity (Wildman–Crippen MR) is 180 cm³/mol. The standard InChI is InChI=1S/C36H40F6N4O6/c1-3-26-19-30(29-20-28(50-2)7-8-31(29)46(26)34(49)52-11-5-4-6-32(47)48)44-33-23(17-27(21-43-33)45-9-12-51-13-10-45)14-22-15-24(35(37,38)39)18-25(16-22)36(40,41)42/h7-8,15-18,20-21,26,30H,3-6,9-14,19H2,1-2H3,(H,43,44)(H,47,48)/t26-,30+/m1/s1. The molecule has 1 amide bonds. The number of nitrogens with zero attached hydrogens (tertiary/aromatic N) is 3. The minimum atomic E-state index is -5.00. The summed E-state index contributed by atoms with van der Waals surface area (Å²) in [6.07, 6.45) is -7.78. The molecule has 0 unspecified atom stereocenters. The van der Waals surface area contributed by atoms with Crippen LogP contribution >= 0.6 is 0 Å². The number of methoxy groups -OCH3 is 1. The predicted octanol–water partition coefficient (Wildman–Crippen LogP) is 8.09. The number of halogens is 6. The molecule has 1 aromatic heterocycles. The van der Waals surface area contributed by atoms with Crippen LogP contribution in [-0.2, 0) is 33.0 Å². The maximum atomic E-state index is 13.8. The molecule has 282 valence electrons. The second kappa shape index (κ2) is 16.3. The van der Waals surface area contributed by atoms with Gasteiger partial charge in [0.25, 0.3) is 0 Å². The molecule has 1 saturated heterocycles. The number of benzene rings is 2. The molecular formula is C36H40F6N4O6. The zero-order chi connectivity index (χ0) is 37.6. The van der Waals surface area contributed by atoms with E-state index in [9.17, 15) is 35.9 Å². The first kappa shape index (κ1) is 38.5. The Labute approximate surface area is 296 Å². The van der Waals surface area contributed by atoms with Gasteiger partial charge in [-0.15, -0.1) is 0 Å². The van der Waals surface area contributed by atoms with E-state index in [2.05, 4.69) is 10.3 Å². The number of nitrogens with one attached hydrogen (secondary N) is 1. The van der Waals surface area contributed by atoms with E-state index in [-0.39, 0.29) is 42.9 Å². The summed E-state index contributed by atoms with van der Waals surface area (Å²) in [5.41, 5.74) is -0.838. The number of carboxylic acid groups (broad SMARTS) is 1. The second-order valence-corrected chi connectivity index (χ2v) is 12.6. The Morgan fingerprint density at radius 2 is 1.69 bits per heavy atom. The van der Waals surface area contributed by atoms with Crippen molar-refractivity contribution in [2.45, 2.75) is 69.9 Å². The SMILES string of the molecule is CC[C@@H]1C[C@H](Nc2ncc(N3CCOCC3)cc2Cc2cc(C(F)(F)F)cc(C(F)(F)F)c2)c2cc(OC)ccc2N1C(=O)OCCCCC(=O)O. The third kappa shape index (κ3) is 9.38. The van der Waals surface area contributed by atoms with Crippen molar-refractivity contribution in [2.24, 2.45) is 0 Å². The van der Waals surface area contributed by atoms with Crippen molar-refractivity contribution in [3.05, 3.63) is 76.5 Å². The Morgan fingerprint density at radius 3 is 2.31 bits per heavy atom. The summed E-state index contributed by atoms with van der Waals surface area (Å²) in [6.45, 7) is 3.86. The number of alkyl halides is 6. The summed E-state index contributed by atoms with van der Waals surface area (Å²) in [6, 6.07) is 7.53. The topological polar surface area (TPSA) is 113 Å². The summed E-state index contributed by atoms with van der Waals surface area (Å²) in [5.74, 6) is -0.197. The summed E-state index contributed by atoms with van der Waals surface area (Å²) >= 11 is 0. The molecule has 5 rings (SSSR count). The van der Waals surface area contributed by atoms with Gasteiger partial charge < -0.3 is 29.5 Å². The van der Waals surface area contributed by atoms with Crippen molar-refractivity contribution in [2.75, 3.05) is 55.1 Å². The quantitative estimate of drug-likeness (QED) is 0.141. The number of carbonyl (C=O) groups excluding carboxylic acids is 1. The van der Waals surface area contributed by atoms with Crippen molar-refractivity contribution >= 4 is 29.3 Å². The number of unbranched alkanes of at least 4 members (excludes halogenated alkanes) is 1. The van der Waals surface area contributed by atoms with Crippen molar-refractivity contribution < 1.29 is 55.2 Å². The van der Waals surface area contributed by atoms with Gasteiger partial charge in [0, 0.05) is 43.1 Å². The molecule has 16 heteroatoms. The van der Waals surface area contributed by atoms with Gasteiger partial charge in [0.15, 0.2) is 0 Å². The lowest BCUT2D eigenvalue weighted by Gasteiger charge is -2.40. The van der Waals surface area contributed by atoms with Crippen LogP contribution in [0.15, 0.2) is 48.7 Å². The maximum Gasteiger partial charge on any atom is 0.416 e. The highest BCUT2D eigenvalue weighted by atomic mass is 19.4. The molecule has 2 aliphatic rings. The molecule has 2 atom stereocenters. The first-order valence-electron chi connectivity index (χ1n) is 16.9. The Kier molecular flexibility index (Phi) is 12.1. The molecule has 0 spiro atoms. The fraction of sp³-hybridized carbons (Fsp3) is 0.472. The van der Waals surface area contributed by atoms with Gasteiger partial charge in [-0.1, -0.05) is 6.92 Å². The van der Waals surface area contributed by atoms with Crippen LogP contribution in [0.25, 0.3) is 0 Å². The number of hydrogen-bond acceptors (Lipinski definition) is 8. The van der Waals surface area contributed by atoms with Gasteiger partial charge in [-0.3, -0.25) is 9.69 Å². The summed E-state index contributed by atoms with van der Waals surface area (Å²) in [4.78, 5) is 32.5. The van der Waals surface area contributed by atoms with Gasteiger partial charge in [0.05, 0.1) is 61.7 Å². The third-order valence-corrected chi connectivity index (χ3v) is 9.10. The lowest BCUT2D eigenvalue weighted by molar-refractivity contribution is -0.143. The molecule has 52 heavy (non-hydrogen) atoms. The Morgan fingerprint density at radius 1 is 1.00 bits per heavy atom. The van der Waals surface area contributed by atoms with Crippen molar-refractivity contribution in [3.8, 4) is 5.75 Å². The number of morpholine rings is 1. The van der Waals surface area contributed by atoms with Crippen LogP contribution in [-0.4, -0.2) is 68.2 Å². The molecule has 10 nitrogen and oxygen atoms in total. The Bertz CT molecular complexity index is 1700. The molecule has 2 aliphatic heterocycles. The van der Waals surface area contributed by atoms with E-state index in [1.165, 1.54) is 7.11 Å². The molecule has 0 bridgehead atoms. The smallest absolute Gasteiger partial charge is 0.416 e. The van der Waals surface area contributed by atoms with Crippen molar-refractivity contribution in [3.63, 3.8) is 0 Å². The minimum Gasteiger partial charge on any atom is -0.497 e. The highest BCUT2D eigenvalue weighted by molar-refractivity contribution is 5.90. The summed E-state index contributed by atoms with van der Waals surface area (Å²) in [5, 5.41) is 12.3. The van der Waals surface area contributed by atoms with Gasteiger partial charge in [-0.2, -0.15) is 26.3 Å². The zero-order valence-corrected chi connectivity index (χ0v) is 28.6. The largest absolute Gasteiger partial charge is 0.497 e. The zero-order valence-electron chi connectivity index (χ0n) is 28.6. The number of pyridine rings is 1. The van der Waals surface area contributed by atoms with E-state index in [4.69, 9.17) is 19.3 Å². The Balaban J connectivity index is 1.51. The molecule has 0 aliphatic carbocycles. The lowest BCUT2D eigenvalue weighted by atomic mass is 9.89. The number of aliphatic carboxylic acids is 1.